The van der Waals surface area contributed by atoms with E-state index in [0.717, 1.165) is 5.56 Å². The highest BCUT2D eigenvalue weighted by Crippen LogP contribution is 2.37. The maximum atomic E-state index is 11.2. The third-order valence-electron chi connectivity index (χ3n) is 3.41. The van der Waals surface area contributed by atoms with Gasteiger partial charge in [0.05, 0.1) is 23.2 Å². The zero-order chi connectivity index (χ0) is 19.1. The summed E-state index contributed by atoms with van der Waals surface area (Å²) in [7, 11) is 1.49. The second-order valence-corrected chi connectivity index (χ2v) is 6.02. The standard InChI is InChI=1S/C19H14BrN3O3/c1-25-17-8-14(6-15(10-22)19(23)24)7-16(20)18(17)26-11-13-4-2-12(9-21)3-5-13/h2-8H,11H2,1H3,(H2,23,24)/b15-6+. The minimum atomic E-state index is -0.802. The number of rotatable bonds is 6. The number of nitrogens with two attached hydrogens (primary N) is 1. The van der Waals surface area contributed by atoms with E-state index >= 15 is 0 Å². The molecule has 0 aromatic heterocycles. The largest absolute Gasteiger partial charge is 0.493 e. The van der Waals surface area contributed by atoms with Gasteiger partial charge >= 0.3 is 0 Å². The molecule has 0 atom stereocenters. The number of halogens is 1. The first-order valence-corrected chi connectivity index (χ1v) is 8.18. The number of methoxy groups -OCH3 is 1. The molecule has 2 aromatic carbocycles. The van der Waals surface area contributed by atoms with Crippen molar-refractivity contribution in [2.45, 2.75) is 6.61 Å². The van der Waals surface area contributed by atoms with E-state index in [1.807, 2.05) is 12.1 Å². The smallest absolute Gasteiger partial charge is 0.259 e. The minimum absolute atomic E-state index is 0.162. The van der Waals surface area contributed by atoms with Crippen molar-refractivity contribution in [2.75, 3.05) is 7.11 Å². The fourth-order valence-electron chi connectivity index (χ4n) is 2.12. The Balaban J connectivity index is 2.27. The van der Waals surface area contributed by atoms with Crippen LogP contribution < -0.4 is 15.2 Å². The molecule has 1 amide bonds. The molecule has 130 valence electrons. The molecule has 0 aliphatic heterocycles. The lowest BCUT2D eigenvalue weighted by molar-refractivity contribution is -0.114. The van der Waals surface area contributed by atoms with E-state index in [1.165, 1.54) is 13.2 Å². The molecule has 26 heavy (non-hydrogen) atoms. The summed E-state index contributed by atoms with van der Waals surface area (Å²) in [5.41, 5.74) is 7.02. The molecule has 0 unspecified atom stereocenters. The van der Waals surface area contributed by atoms with Crippen molar-refractivity contribution >= 4 is 27.9 Å². The number of ether oxygens (including phenoxy) is 2. The molecule has 2 N–H and O–H groups in total. The van der Waals surface area contributed by atoms with Gasteiger partial charge in [0.25, 0.3) is 5.91 Å². The average molecular weight is 412 g/mol. The number of amides is 1. The fourth-order valence-corrected chi connectivity index (χ4v) is 2.69. The molecule has 0 fully saturated rings. The Morgan fingerprint density at radius 2 is 1.96 bits per heavy atom. The predicted octanol–water partition coefficient (Wildman–Crippen LogP) is 3.30. The van der Waals surface area contributed by atoms with Gasteiger partial charge in [-0.15, -0.1) is 0 Å². The van der Waals surface area contributed by atoms with Gasteiger partial charge in [0.1, 0.15) is 18.2 Å². The van der Waals surface area contributed by atoms with Crippen LogP contribution in [0.15, 0.2) is 46.4 Å². The van der Waals surface area contributed by atoms with Crippen molar-refractivity contribution in [1.82, 2.24) is 0 Å². The first-order chi connectivity index (χ1) is 12.5. The van der Waals surface area contributed by atoms with Crippen molar-refractivity contribution in [1.29, 1.82) is 10.5 Å². The number of carbonyl (C=O) groups is 1. The van der Waals surface area contributed by atoms with Crippen LogP contribution in [-0.4, -0.2) is 13.0 Å². The number of benzene rings is 2. The van der Waals surface area contributed by atoms with E-state index < -0.39 is 5.91 Å². The number of nitriles is 2. The summed E-state index contributed by atoms with van der Waals surface area (Å²) in [6.07, 6.45) is 1.38. The molecule has 6 nitrogen and oxygen atoms in total. The van der Waals surface area contributed by atoms with Crippen LogP contribution in [0.5, 0.6) is 11.5 Å². The van der Waals surface area contributed by atoms with Crippen molar-refractivity contribution in [2.24, 2.45) is 5.73 Å². The van der Waals surface area contributed by atoms with E-state index in [2.05, 4.69) is 22.0 Å². The second-order valence-electron chi connectivity index (χ2n) is 5.17. The molecular formula is C19H14BrN3O3. The highest BCUT2D eigenvalue weighted by atomic mass is 79.9. The molecule has 2 aromatic rings. The van der Waals surface area contributed by atoms with Crippen molar-refractivity contribution < 1.29 is 14.3 Å². The lowest BCUT2D eigenvalue weighted by atomic mass is 10.1. The van der Waals surface area contributed by atoms with E-state index in [4.69, 9.17) is 25.7 Å². The van der Waals surface area contributed by atoms with Crippen molar-refractivity contribution in [3.63, 3.8) is 0 Å². The second kappa shape index (κ2) is 8.70. The third-order valence-corrected chi connectivity index (χ3v) is 4.00. The molecule has 0 spiro atoms. The maximum absolute atomic E-state index is 11.2. The molecule has 0 aliphatic carbocycles. The van der Waals surface area contributed by atoms with Gasteiger partial charge in [-0.3, -0.25) is 4.79 Å². The van der Waals surface area contributed by atoms with E-state index in [-0.39, 0.29) is 12.2 Å². The van der Waals surface area contributed by atoms with Gasteiger partial charge in [-0.2, -0.15) is 10.5 Å². The number of primary amides is 1. The maximum Gasteiger partial charge on any atom is 0.259 e. The van der Waals surface area contributed by atoms with E-state index in [0.29, 0.717) is 27.1 Å². The fraction of sp³-hybridized carbons (Fsp3) is 0.105. The van der Waals surface area contributed by atoms with Gasteiger partial charge in [0.2, 0.25) is 0 Å². The Kier molecular flexibility index (Phi) is 6.37. The van der Waals surface area contributed by atoms with Crippen LogP contribution in [0.25, 0.3) is 6.08 Å². The summed E-state index contributed by atoms with van der Waals surface area (Å²) in [6.45, 7) is 0.278. The number of hydrogen-bond acceptors (Lipinski definition) is 5. The lowest BCUT2D eigenvalue weighted by Crippen LogP contribution is -2.12. The summed E-state index contributed by atoms with van der Waals surface area (Å²) in [4.78, 5) is 11.2. The normalized spacial score (nSPS) is 10.5. The minimum Gasteiger partial charge on any atom is -0.493 e. The molecule has 0 saturated carbocycles. The quantitative estimate of drug-likeness (QED) is 0.579. The Hall–Kier alpha value is -3.29. The summed E-state index contributed by atoms with van der Waals surface area (Å²) in [5, 5.41) is 17.8. The van der Waals surface area contributed by atoms with Crippen molar-refractivity contribution in [3.8, 4) is 23.6 Å². The zero-order valence-electron chi connectivity index (χ0n) is 13.8. The van der Waals surface area contributed by atoms with Gasteiger partial charge in [0, 0.05) is 0 Å². The monoisotopic (exact) mass is 411 g/mol. The van der Waals surface area contributed by atoms with Gasteiger partial charge in [-0.05, 0) is 57.4 Å². The van der Waals surface area contributed by atoms with Crippen LogP contribution in [-0.2, 0) is 11.4 Å². The Morgan fingerprint density at radius 1 is 1.27 bits per heavy atom. The summed E-state index contributed by atoms with van der Waals surface area (Å²) in [5.74, 6) is 0.108. The van der Waals surface area contributed by atoms with Crippen LogP contribution in [0.3, 0.4) is 0 Å². The van der Waals surface area contributed by atoms with Gasteiger partial charge in [-0.25, -0.2) is 0 Å². The summed E-state index contributed by atoms with van der Waals surface area (Å²) in [6, 6.07) is 14.2. The molecule has 0 bridgehead atoms. The van der Waals surface area contributed by atoms with Gasteiger partial charge in [-0.1, -0.05) is 12.1 Å². The molecule has 0 radical (unpaired) electrons. The van der Waals surface area contributed by atoms with E-state index in [1.54, 1.807) is 30.3 Å². The first kappa shape index (κ1) is 19.0. The average Bonchev–Trinajstić information content (AvgIpc) is 2.64. The van der Waals surface area contributed by atoms with Crippen molar-refractivity contribution in [3.05, 3.63) is 63.1 Å². The number of hydrogen-bond donors (Lipinski definition) is 1. The topological polar surface area (TPSA) is 109 Å². The molecule has 0 aliphatic rings. The van der Waals surface area contributed by atoms with Crippen LogP contribution in [0.2, 0.25) is 0 Å². The Bertz CT molecular complexity index is 938. The van der Waals surface area contributed by atoms with Crippen LogP contribution in [0.4, 0.5) is 0 Å². The zero-order valence-corrected chi connectivity index (χ0v) is 15.4. The summed E-state index contributed by atoms with van der Waals surface area (Å²) >= 11 is 3.41. The van der Waals surface area contributed by atoms with Crippen LogP contribution in [0.1, 0.15) is 16.7 Å². The first-order valence-electron chi connectivity index (χ1n) is 7.39. The molecule has 7 heteroatoms. The van der Waals surface area contributed by atoms with Crippen LogP contribution in [0, 0.1) is 22.7 Å². The predicted molar refractivity (Wildman–Crippen MR) is 99.0 cm³/mol. The van der Waals surface area contributed by atoms with Gasteiger partial charge in [0.15, 0.2) is 11.5 Å². The molecule has 0 saturated heterocycles. The molecule has 2 rings (SSSR count). The Morgan fingerprint density at radius 3 is 2.50 bits per heavy atom. The number of carbonyl (C=O) groups excluding carboxylic acids is 1. The van der Waals surface area contributed by atoms with Gasteiger partial charge < -0.3 is 15.2 Å². The molecule has 0 heterocycles. The molecular weight excluding hydrogens is 398 g/mol. The van der Waals surface area contributed by atoms with E-state index in [9.17, 15) is 4.79 Å². The third kappa shape index (κ3) is 4.62. The highest BCUT2D eigenvalue weighted by molar-refractivity contribution is 9.10. The number of nitrogens with zero attached hydrogens (tertiary/aromatic N) is 2. The highest BCUT2D eigenvalue weighted by Gasteiger charge is 2.13. The SMILES string of the molecule is COc1cc(/C=C(\C#N)C(N)=O)cc(Br)c1OCc1ccc(C#N)cc1. The lowest BCUT2D eigenvalue weighted by Gasteiger charge is -2.14. The Labute approximate surface area is 159 Å². The van der Waals surface area contributed by atoms with Crippen LogP contribution >= 0.6 is 15.9 Å². The summed E-state index contributed by atoms with van der Waals surface area (Å²) < 4.78 is 11.8.